The number of nitrogens with one attached hydrogen (secondary N) is 1. The van der Waals surface area contributed by atoms with Crippen LogP contribution in [0.5, 0.6) is 0 Å². The molecule has 0 aliphatic rings. The highest BCUT2D eigenvalue weighted by Gasteiger charge is 2.12. The van der Waals surface area contributed by atoms with Crippen molar-refractivity contribution in [3.63, 3.8) is 0 Å². The first-order valence-electron chi connectivity index (χ1n) is 6.49. The Morgan fingerprint density at radius 1 is 1.22 bits per heavy atom. The maximum atomic E-state index is 11.7. The zero-order valence-electron chi connectivity index (χ0n) is 11.5. The van der Waals surface area contributed by atoms with E-state index in [1.807, 2.05) is 37.3 Å². The first-order valence-corrected chi connectivity index (χ1v) is 6.49. The summed E-state index contributed by atoms with van der Waals surface area (Å²) in [6.45, 7) is 7.79. The van der Waals surface area contributed by atoms with Crippen LogP contribution < -0.4 is 5.32 Å². The molecule has 0 saturated carbocycles. The number of rotatable bonds is 7. The fraction of sp³-hybridized carbons (Fsp3) is 0.533. The van der Waals surface area contributed by atoms with Gasteiger partial charge in [0, 0.05) is 6.54 Å². The van der Waals surface area contributed by atoms with Gasteiger partial charge in [-0.25, -0.2) is 0 Å². The number of amides is 1. The fourth-order valence-corrected chi connectivity index (χ4v) is 1.48. The molecule has 1 aromatic rings. The fourth-order valence-electron chi connectivity index (χ4n) is 1.48. The number of benzene rings is 1. The second kappa shape index (κ2) is 7.88. The summed E-state index contributed by atoms with van der Waals surface area (Å²) < 4.78 is 5.55. The third-order valence-corrected chi connectivity index (χ3v) is 2.61. The van der Waals surface area contributed by atoms with Gasteiger partial charge in [-0.2, -0.15) is 0 Å². The summed E-state index contributed by atoms with van der Waals surface area (Å²) in [6.07, 6.45) is 0. The van der Waals surface area contributed by atoms with E-state index in [2.05, 4.69) is 19.2 Å². The molecule has 0 aliphatic heterocycles. The lowest BCUT2D eigenvalue weighted by Gasteiger charge is -2.13. The molecule has 0 aromatic heterocycles. The van der Waals surface area contributed by atoms with Crippen LogP contribution in [0.1, 0.15) is 26.3 Å². The largest absolute Gasteiger partial charge is 0.376 e. The Bertz CT molecular complexity index is 349. The van der Waals surface area contributed by atoms with Crippen molar-refractivity contribution in [3.8, 4) is 0 Å². The van der Waals surface area contributed by atoms with Crippen molar-refractivity contribution in [1.29, 1.82) is 0 Å². The van der Waals surface area contributed by atoms with Crippen LogP contribution in [0.2, 0.25) is 0 Å². The molecule has 1 atom stereocenters. The summed E-state index contributed by atoms with van der Waals surface area (Å²) in [7, 11) is 0. The van der Waals surface area contributed by atoms with Crippen LogP contribution in [0.15, 0.2) is 30.3 Å². The highest BCUT2D eigenvalue weighted by atomic mass is 16.5. The first kappa shape index (κ1) is 14.7. The minimum absolute atomic E-state index is 0.0664. The normalized spacial score (nSPS) is 12.4. The molecule has 1 aromatic carbocycles. The Kier molecular flexibility index (Phi) is 6.44. The number of ether oxygens (including phenoxy) is 1. The molecule has 0 bridgehead atoms. The van der Waals surface area contributed by atoms with E-state index in [9.17, 15) is 4.79 Å². The molecule has 0 saturated heterocycles. The van der Waals surface area contributed by atoms with Crippen LogP contribution in [-0.2, 0) is 16.1 Å². The van der Waals surface area contributed by atoms with Crippen molar-refractivity contribution in [2.45, 2.75) is 27.4 Å². The van der Waals surface area contributed by atoms with Crippen LogP contribution in [-0.4, -0.2) is 19.1 Å². The van der Waals surface area contributed by atoms with Crippen LogP contribution in [0, 0.1) is 11.8 Å². The molecule has 18 heavy (non-hydrogen) atoms. The highest BCUT2D eigenvalue weighted by Crippen LogP contribution is 2.03. The molecule has 100 valence electrons. The minimum Gasteiger partial charge on any atom is -0.376 e. The SMILES string of the molecule is CC(C)CNC(=O)[C@H](C)COCc1ccccc1. The Labute approximate surface area is 110 Å². The van der Waals surface area contributed by atoms with Crippen LogP contribution in [0.25, 0.3) is 0 Å². The van der Waals surface area contributed by atoms with Crippen LogP contribution in [0.4, 0.5) is 0 Å². The van der Waals surface area contributed by atoms with Crippen molar-refractivity contribution in [2.24, 2.45) is 11.8 Å². The van der Waals surface area contributed by atoms with Crippen molar-refractivity contribution in [2.75, 3.05) is 13.2 Å². The molecule has 1 rings (SSSR count). The summed E-state index contributed by atoms with van der Waals surface area (Å²) in [5.41, 5.74) is 1.13. The van der Waals surface area contributed by atoms with Gasteiger partial charge in [-0.15, -0.1) is 0 Å². The zero-order valence-corrected chi connectivity index (χ0v) is 11.5. The molecule has 0 fully saturated rings. The van der Waals surface area contributed by atoms with Gasteiger partial charge >= 0.3 is 0 Å². The van der Waals surface area contributed by atoms with Gasteiger partial charge in [0.2, 0.25) is 5.91 Å². The third kappa shape index (κ3) is 5.82. The average molecular weight is 249 g/mol. The maximum absolute atomic E-state index is 11.7. The minimum atomic E-state index is -0.104. The van der Waals surface area contributed by atoms with Gasteiger partial charge in [0.1, 0.15) is 0 Å². The van der Waals surface area contributed by atoms with E-state index in [0.717, 1.165) is 12.1 Å². The quantitative estimate of drug-likeness (QED) is 0.806. The molecule has 0 radical (unpaired) electrons. The molecular formula is C15H23NO2. The number of hydrogen-bond acceptors (Lipinski definition) is 2. The standard InChI is InChI=1S/C15H23NO2/c1-12(2)9-16-15(17)13(3)10-18-11-14-7-5-4-6-8-14/h4-8,12-13H,9-11H2,1-3H3,(H,16,17)/t13-/m1/s1. The Morgan fingerprint density at radius 2 is 1.89 bits per heavy atom. The number of carbonyl (C=O) groups excluding carboxylic acids is 1. The lowest BCUT2D eigenvalue weighted by Crippen LogP contribution is -2.34. The van der Waals surface area contributed by atoms with Gasteiger partial charge in [-0.1, -0.05) is 51.1 Å². The van der Waals surface area contributed by atoms with Crippen LogP contribution >= 0.6 is 0 Å². The number of hydrogen-bond donors (Lipinski definition) is 1. The predicted octanol–water partition coefficient (Wildman–Crippen LogP) is 2.61. The van der Waals surface area contributed by atoms with Crippen molar-refractivity contribution in [1.82, 2.24) is 5.32 Å². The molecule has 1 N–H and O–H groups in total. The van der Waals surface area contributed by atoms with E-state index in [1.165, 1.54) is 0 Å². The van der Waals surface area contributed by atoms with Crippen molar-refractivity contribution >= 4 is 5.91 Å². The van der Waals surface area contributed by atoms with Gasteiger partial charge in [0.05, 0.1) is 19.1 Å². The summed E-state index contributed by atoms with van der Waals surface area (Å²) in [5, 5.41) is 2.91. The second-order valence-electron chi connectivity index (χ2n) is 5.04. The smallest absolute Gasteiger partial charge is 0.225 e. The summed E-state index contributed by atoms with van der Waals surface area (Å²) in [4.78, 5) is 11.7. The molecule has 0 unspecified atom stereocenters. The second-order valence-corrected chi connectivity index (χ2v) is 5.04. The van der Waals surface area contributed by atoms with E-state index in [1.54, 1.807) is 0 Å². The lowest BCUT2D eigenvalue weighted by molar-refractivity contribution is -0.126. The summed E-state index contributed by atoms with van der Waals surface area (Å²) >= 11 is 0. The monoisotopic (exact) mass is 249 g/mol. The Hall–Kier alpha value is -1.35. The zero-order chi connectivity index (χ0) is 13.4. The van der Waals surface area contributed by atoms with E-state index in [-0.39, 0.29) is 11.8 Å². The number of carbonyl (C=O) groups is 1. The molecule has 3 nitrogen and oxygen atoms in total. The summed E-state index contributed by atoms with van der Waals surface area (Å²) in [6, 6.07) is 9.98. The van der Waals surface area contributed by atoms with E-state index >= 15 is 0 Å². The van der Waals surface area contributed by atoms with Gasteiger partial charge in [0.25, 0.3) is 0 Å². The Morgan fingerprint density at radius 3 is 2.50 bits per heavy atom. The summed E-state index contributed by atoms with van der Waals surface area (Å²) in [5.74, 6) is 0.440. The molecule has 1 amide bonds. The van der Waals surface area contributed by atoms with E-state index in [4.69, 9.17) is 4.74 Å². The van der Waals surface area contributed by atoms with E-state index in [0.29, 0.717) is 19.1 Å². The predicted molar refractivity (Wildman–Crippen MR) is 73.1 cm³/mol. The average Bonchev–Trinajstić information content (AvgIpc) is 2.37. The van der Waals surface area contributed by atoms with Gasteiger partial charge in [-0.3, -0.25) is 4.79 Å². The molecule has 0 spiro atoms. The Balaban J connectivity index is 2.20. The van der Waals surface area contributed by atoms with Gasteiger partial charge in [-0.05, 0) is 11.5 Å². The van der Waals surface area contributed by atoms with Gasteiger partial charge in [0.15, 0.2) is 0 Å². The molecular weight excluding hydrogens is 226 g/mol. The van der Waals surface area contributed by atoms with Gasteiger partial charge < -0.3 is 10.1 Å². The molecule has 3 heteroatoms. The molecule has 0 aliphatic carbocycles. The van der Waals surface area contributed by atoms with Crippen molar-refractivity contribution < 1.29 is 9.53 Å². The van der Waals surface area contributed by atoms with Crippen LogP contribution in [0.3, 0.4) is 0 Å². The van der Waals surface area contributed by atoms with Crippen molar-refractivity contribution in [3.05, 3.63) is 35.9 Å². The third-order valence-electron chi connectivity index (χ3n) is 2.61. The topological polar surface area (TPSA) is 38.3 Å². The van der Waals surface area contributed by atoms with E-state index < -0.39 is 0 Å². The first-order chi connectivity index (χ1) is 8.59. The lowest BCUT2D eigenvalue weighted by atomic mass is 10.1. The highest BCUT2D eigenvalue weighted by molar-refractivity contribution is 5.78. The molecule has 0 heterocycles. The maximum Gasteiger partial charge on any atom is 0.225 e.